The van der Waals surface area contributed by atoms with Gasteiger partial charge in [-0.15, -0.1) is 11.6 Å². The molecule has 0 radical (unpaired) electrons. The third kappa shape index (κ3) is 5.01. The molecule has 1 aromatic carbocycles. The number of thioether (sulfide) groups is 1. The number of rotatable bonds is 8. The molecule has 1 aliphatic rings. The average molecular weight is 393 g/mol. The Morgan fingerprint density at radius 2 is 1.92 bits per heavy atom. The Bertz CT molecular complexity index is 674. The van der Waals surface area contributed by atoms with Gasteiger partial charge >= 0.3 is 0 Å². The normalized spacial score (nSPS) is 16.6. The smallest absolute Gasteiger partial charge is 0.134 e. The van der Waals surface area contributed by atoms with E-state index >= 15 is 0 Å². The van der Waals surface area contributed by atoms with Gasteiger partial charge in [0.05, 0.1) is 12.0 Å². The van der Waals surface area contributed by atoms with Crippen molar-refractivity contribution in [3.63, 3.8) is 0 Å². The van der Waals surface area contributed by atoms with Crippen molar-refractivity contribution in [1.29, 1.82) is 0 Å². The standard InChI is InChI=1S/C22H29ClO2S/c1-16-20(22(23)18-7-4-3-5-8-18)15-21(25-16)17-9-11-19(12-10-17)24-13-6-14-26-2/h9-12,15,18,22H,3-8,13-14H2,1-2H3. The van der Waals surface area contributed by atoms with E-state index in [1.807, 2.05) is 30.8 Å². The number of hydrogen-bond acceptors (Lipinski definition) is 3. The van der Waals surface area contributed by atoms with Crippen LogP contribution in [0.5, 0.6) is 5.75 Å². The van der Waals surface area contributed by atoms with Gasteiger partial charge in [-0.2, -0.15) is 11.8 Å². The first kappa shape index (κ1) is 19.7. The molecule has 3 rings (SSSR count). The third-order valence-electron chi connectivity index (χ3n) is 5.22. The number of aryl methyl sites for hydroxylation is 1. The first-order chi connectivity index (χ1) is 12.7. The van der Waals surface area contributed by atoms with Crippen LogP contribution >= 0.6 is 23.4 Å². The molecule has 0 bridgehead atoms. The fraction of sp³-hybridized carbons (Fsp3) is 0.545. The summed E-state index contributed by atoms with van der Waals surface area (Å²) in [6.45, 7) is 2.79. The van der Waals surface area contributed by atoms with Crippen LogP contribution in [-0.2, 0) is 0 Å². The summed E-state index contributed by atoms with van der Waals surface area (Å²) in [6.07, 6.45) is 9.61. The van der Waals surface area contributed by atoms with Crippen LogP contribution in [0.2, 0.25) is 0 Å². The van der Waals surface area contributed by atoms with Gasteiger partial charge in [-0.25, -0.2) is 0 Å². The SMILES string of the molecule is CSCCCOc1ccc(-c2cc(C(Cl)C3CCCCC3)c(C)o2)cc1. The van der Waals surface area contributed by atoms with Gasteiger partial charge in [-0.1, -0.05) is 19.3 Å². The van der Waals surface area contributed by atoms with Crippen molar-refractivity contribution in [3.05, 3.63) is 41.7 Å². The van der Waals surface area contributed by atoms with Gasteiger partial charge < -0.3 is 9.15 Å². The Kier molecular flexibility index (Phi) is 7.39. The number of furan rings is 1. The zero-order valence-electron chi connectivity index (χ0n) is 15.8. The highest BCUT2D eigenvalue weighted by atomic mass is 35.5. The van der Waals surface area contributed by atoms with Crippen LogP contribution in [0.3, 0.4) is 0 Å². The molecule has 0 amide bonds. The lowest BCUT2D eigenvalue weighted by molar-refractivity contribution is 0.319. The summed E-state index contributed by atoms with van der Waals surface area (Å²) in [6, 6.07) is 10.3. The number of alkyl halides is 1. The van der Waals surface area contributed by atoms with E-state index in [0.717, 1.165) is 47.2 Å². The van der Waals surface area contributed by atoms with Gasteiger partial charge in [0.1, 0.15) is 17.3 Å². The van der Waals surface area contributed by atoms with Gasteiger partial charge in [0.15, 0.2) is 0 Å². The largest absolute Gasteiger partial charge is 0.494 e. The zero-order valence-corrected chi connectivity index (χ0v) is 17.4. The highest BCUT2D eigenvalue weighted by molar-refractivity contribution is 7.98. The second-order valence-corrected chi connectivity index (χ2v) is 8.60. The minimum atomic E-state index is 0.0619. The molecule has 0 spiro atoms. The lowest BCUT2D eigenvalue weighted by atomic mass is 9.84. The van der Waals surface area contributed by atoms with E-state index in [9.17, 15) is 0 Å². The summed E-state index contributed by atoms with van der Waals surface area (Å²) in [5.74, 6) is 4.46. The van der Waals surface area contributed by atoms with E-state index in [0.29, 0.717) is 5.92 Å². The second kappa shape index (κ2) is 9.75. The Morgan fingerprint density at radius 1 is 1.19 bits per heavy atom. The first-order valence-electron chi connectivity index (χ1n) is 9.65. The van der Waals surface area contributed by atoms with Gasteiger partial charge in [0.2, 0.25) is 0 Å². The molecule has 2 aromatic rings. The topological polar surface area (TPSA) is 22.4 Å². The summed E-state index contributed by atoms with van der Waals surface area (Å²) in [5.41, 5.74) is 2.23. The molecule has 26 heavy (non-hydrogen) atoms. The van der Waals surface area contributed by atoms with Crippen LogP contribution in [0.4, 0.5) is 0 Å². The Morgan fingerprint density at radius 3 is 2.62 bits per heavy atom. The predicted octanol–water partition coefficient (Wildman–Crippen LogP) is 7.25. The van der Waals surface area contributed by atoms with E-state index in [1.54, 1.807) is 0 Å². The fourth-order valence-corrected chi connectivity index (χ4v) is 4.58. The van der Waals surface area contributed by atoms with E-state index in [1.165, 1.54) is 32.1 Å². The van der Waals surface area contributed by atoms with Gasteiger partial charge in [0.25, 0.3) is 0 Å². The molecule has 1 heterocycles. The molecule has 0 aliphatic heterocycles. The van der Waals surface area contributed by atoms with Crippen molar-refractivity contribution >= 4 is 23.4 Å². The predicted molar refractivity (Wildman–Crippen MR) is 113 cm³/mol. The van der Waals surface area contributed by atoms with Crippen molar-refractivity contribution in [2.75, 3.05) is 18.6 Å². The van der Waals surface area contributed by atoms with Crippen molar-refractivity contribution in [2.45, 2.75) is 50.8 Å². The molecule has 1 unspecified atom stereocenters. The van der Waals surface area contributed by atoms with Gasteiger partial charge in [0, 0.05) is 11.1 Å². The zero-order chi connectivity index (χ0) is 18.4. The quantitative estimate of drug-likeness (QED) is 0.349. The molecule has 142 valence electrons. The first-order valence-corrected chi connectivity index (χ1v) is 11.5. The van der Waals surface area contributed by atoms with E-state index < -0.39 is 0 Å². The molecule has 2 nitrogen and oxygen atoms in total. The summed E-state index contributed by atoms with van der Waals surface area (Å²) < 4.78 is 11.8. The summed E-state index contributed by atoms with van der Waals surface area (Å²) in [4.78, 5) is 0. The lowest BCUT2D eigenvalue weighted by Gasteiger charge is -2.25. The highest BCUT2D eigenvalue weighted by Crippen LogP contribution is 2.42. The molecule has 4 heteroatoms. The summed E-state index contributed by atoms with van der Waals surface area (Å²) in [5, 5.41) is 0.0619. The number of ether oxygens (including phenoxy) is 1. The highest BCUT2D eigenvalue weighted by Gasteiger charge is 2.26. The summed E-state index contributed by atoms with van der Waals surface area (Å²) >= 11 is 8.67. The van der Waals surface area contributed by atoms with E-state index in [2.05, 4.69) is 24.5 Å². The van der Waals surface area contributed by atoms with Gasteiger partial charge in [-0.05, 0) is 74.4 Å². The van der Waals surface area contributed by atoms with Crippen LogP contribution in [0, 0.1) is 12.8 Å². The molecule has 0 saturated heterocycles. The van der Waals surface area contributed by atoms with E-state index in [4.69, 9.17) is 20.8 Å². The fourth-order valence-electron chi connectivity index (χ4n) is 3.70. The van der Waals surface area contributed by atoms with Crippen LogP contribution in [0.15, 0.2) is 34.7 Å². The Balaban J connectivity index is 1.66. The van der Waals surface area contributed by atoms with Crippen LogP contribution < -0.4 is 4.74 Å². The monoisotopic (exact) mass is 392 g/mol. The molecule has 1 fully saturated rings. The van der Waals surface area contributed by atoms with Crippen molar-refractivity contribution in [2.24, 2.45) is 5.92 Å². The molecule has 1 atom stereocenters. The average Bonchev–Trinajstić information content (AvgIpc) is 3.07. The molecule has 0 N–H and O–H groups in total. The van der Waals surface area contributed by atoms with E-state index in [-0.39, 0.29) is 5.38 Å². The van der Waals surface area contributed by atoms with Crippen molar-refractivity contribution in [1.82, 2.24) is 0 Å². The molecule has 1 aromatic heterocycles. The van der Waals surface area contributed by atoms with Gasteiger partial charge in [-0.3, -0.25) is 0 Å². The van der Waals surface area contributed by atoms with Crippen LogP contribution in [0.1, 0.15) is 55.2 Å². The Hall–Kier alpha value is -1.06. The maximum Gasteiger partial charge on any atom is 0.134 e. The third-order valence-corrected chi connectivity index (χ3v) is 6.51. The molecule has 1 aliphatic carbocycles. The van der Waals surface area contributed by atoms with Crippen LogP contribution in [-0.4, -0.2) is 18.6 Å². The minimum absolute atomic E-state index is 0.0619. The van der Waals surface area contributed by atoms with Crippen molar-refractivity contribution in [3.8, 4) is 17.1 Å². The maximum atomic E-state index is 6.82. The van der Waals surface area contributed by atoms with Crippen molar-refractivity contribution < 1.29 is 9.15 Å². The molecular formula is C22H29ClO2S. The lowest BCUT2D eigenvalue weighted by Crippen LogP contribution is -2.12. The Labute approximate surface area is 166 Å². The minimum Gasteiger partial charge on any atom is -0.494 e. The number of benzene rings is 1. The molecular weight excluding hydrogens is 364 g/mol. The van der Waals surface area contributed by atoms with Crippen LogP contribution in [0.25, 0.3) is 11.3 Å². The maximum absolute atomic E-state index is 6.82. The molecule has 1 saturated carbocycles. The second-order valence-electron chi connectivity index (χ2n) is 7.14. The summed E-state index contributed by atoms with van der Waals surface area (Å²) in [7, 11) is 0. The number of halogens is 1. The number of hydrogen-bond donors (Lipinski definition) is 0.